The highest BCUT2D eigenvalue weighted by molar-refractivity contribution is 7.23. The fraction of sp³-hybridized carbons (Fsp3) is 0.208. The molecule has 0 aliphatic carbocycles. The van der Waals surface area contributed by atoms with E-state index in [1.807, 2.05) is 6.07 Å². The second kappa shape index (κ2) is 10.0. The molecule has 0 bridgehead atoms. The van der Waals surface area contributed by atoms with E-state index in [0.717, 1.165) is 48.4 Å². The molecule has 0 atom stereocenters. The molecule has 8 nitrogen and oxygen atoms in total. The zero-order valence-electron chi connectivity index (χ0n) is 18.4. The number of carbonyl (C=O) groups is 2. The Morgan fingerprint density at radius 3 is 2.38 bits per heavy atom. The van der Waals surface area contributed by atoms with E-state index in [-0.39, 0.29) is 5.82 Å². The molecule has 176 valence electrons. The van der Waals surface area contributed by atoms with Gasteiger partial charge in [-0.15, -0.1) is 11.3 Å². The van der Waals surface area contributed by atoms with Crippen molar-refractivity contribution in [2.45, 2.75) is 0 Å². The highest BCUT2D eigenvalue weighted by Crippen LogP contribution is 2.41. The molecule has 0 spiro atoms. The lowest BCUT2D eigenvalue weighted by Gasteiger charge is -2.22. The number of benzene rings is 2. The number of carboxylic acids is 2. The van der Waals surface area contributed by atoms with Gasteiger partial charge < -0.3 is 30.0 Å². The van der Waals surface area contributed by atoms with Gasteiger partial charge in [-0.2, -0.15) is 0 Å². The number of quaternary nitrogens is 1. The van der Waals surface area contributed by atoms with Gasteiger partial charge in [-0.3, -0.25) is 0 Å². The molecule has 3 heterocycles. The summed E-state index contributed by atoms with van der Waals surface area (Å²) in [4.78, 5) is 20.4. The number of fused-ring (bicyclic) bond motifs is 4. The van der Waals surface area contributed by atoms with Gasteiger partial charge in [0.1, 0.15) is 48.2 Å². The van der Waals surface area contributed by atoms with Crippen LogP contribution in [0, 0.1) is 5.82 Å². The molecule has 1 aromatic heterocycles. The Hall–Kier alpha value is -3.76. The van der Waals surface area contributed by atoms with Crippen molar-refractivity contribution in [3.63, 3.8) is 0 Å². The van der Waals surface area contributed by atoms with Crippen LogP contribution in [0.2, 0.25) is 0 Å². The molecule has 5 rings (SSSR count). The Kier molecular flexibility index (Phi) is 6.90. The first-order valence-corrected chi connectivity index (χ1v) is 11.5. The van der Waals surface area contributed by atoms with Crippen LogP contribution in [0.25, 0.3) is 10.1 Å². The van der Waals surface area contributed by atoms with Gasteiger partial charge in [0, 0.05) is 16.2 Å². The number of carboxylic acid groups (broad SMARTS) is 2. The summed E-state index contributed by atoms with van der Waals surface area (Å²) in [6.07, 6.45) is 0.769. The molecule has 3 N–H and O–H groups in total. The first kappa shape index (κ1) is 23.4. The number of hydrogen-bond donors (Lipinski definition) is 3. The molecular formula is C24H23FN4O4S. The maximum absolute atomic E-state index is 13.8. The lowest BCUT2D eigenvalue weighted by molar-refractivity contribution is -0.914. The van der Waals surface area contributed by atoms with E-state index < -0.39 is 11.9 Å². The molecule has 3 aromatic rings. The van der Waals surface area contributed by atoms with Crippen LogP contribution in [0.3, 0.4) is 0 Å². The molecule has 10 heteroatoms. The van der Waals surface area contributed by atoms with E-state index >= 15 is 0 Å². The average Bonchev–Trinajstić information content (AvgIpc) is 3.08. The number of nitrogens with one attached hydrogen (secondary N) is 3. The SMILES string of the molecule is C[NH+]1CC[N+](=C2Nc3ccc(F)cc3Nc3sc4ccccc4c32)CC1.O=C([O-])/C=C\C(=O)[O-]. The van der Waals surface area contributed by atoms with Crippen LogP contribution >= 0.6 is 11.3 Å². The smallest absolute Gasteiger partial charge is 0.286 e. The molecule has 2 aliphatic rings. The Balaban J connectivity index is 0.000000297. The van der Waals surface area contributed by atoms with Crippen molar-refractivity contribution in [1.29, 1.82) is 0 Å². The molecule has 2 aliphatic heterocycles. The van der Waals surface area contributed by atoms with Crippen LogP contribution in [-0.2, 0) is 9.59 Å². The fourth-order valence-electron chi connectivity index (χ4n) is 3.90. The van der Waals surface area contributed by atoms with Crippen molar-refractivity contribution in [1.82, 2.24) is 0 Å². The molecule has 34 heavy (non-hydrogen) atoms. The monoisotopic (exact) mass is 482 g/mol. The molecule has 1 saturated heterocycles. The molecular weight excluding hydrogens is 459 g/mol. The number of thiophene rings is 1. The van der Waals surface area contributed by atoms with Crippen LogP contribution in [0.5, 0.6) is 0 Å². The number of amidine groups is 1. The number of anilines is 3. The zero-order chi connectivity index (χ0) is 24.2. The topological polar surface area (TPSA) is 112 Å². The predicted molar refractivity (Wildman–Crippen MR) is 125 cm³/mol. The van der Waals surface area contributed by atoms with Gasteiger partial charge in [-0.1, -0.05) is 18.2 Å². The van der Waals surface area contributed by atoms with Gasteiger partial charge in [0.25, 0.3) is 5.84 Å². The van der Waals surface area contributed by atoms with Crippen molar-refractivity contribution >= 4 is 55.6 Å². The molecule has 1 fully saturated rings. The van der Waals surface area contributed by atoms with Crippen molar-refractivity contribution in [2.75, 3.05) is 43.9 Å². The summed E-state index contributed by atoms with van der Waals surface area (Å²) in [7, 11) is 2.24. The standard InChI is InChI=1S/C20H19FN4S.C4H4O4/c1-24-8-10-25(11-9-24)19-18-14-4-2-3-5-17(14)26-20(18)23-16-12-13(21)6-7-15(16)22-19;5-3(6)1-2-4(7)8/h2-7,12H,8-11H2,1H3,(H,22,23);1-2H,(H,5,6)(H,7,8)/b;2-1-. The molecule has 0 saturated carbocycles. The van der Waals surface area contributed by atoms with Crippen LogP contribution in [-0.4, -0.2) is 55.6 Å². The number of aliphatic carboxylic acids is 2. The van der Waals surface area contributed by atoms with Gasteiger partial charge in [0.15, 0.2) is 0 Å². The van der Waals surface area contributed by atoms with Crippen LogP contribution in [0.15, 0.2) is 54.6 Å². The second-order valence-corrected chi connectivity index (χ2v) is 9.06. The minimum absolute atomic E-state index is 0.229. The highest BCUT2D eigenvalue weighted by atomic mass is 32.1. The first-order chi connectivity index (χ1) is 16.3. The molecule has 0 amide bonds. The Morgan fingerprint density at radius 2 is 1.71 bits per heavy atom. The molecule has 2 aromatic carbocycles. The largest absolute Gasteiger partial charge is 0.545 e. The van der Waals surface area contributed by atoms with Gasteiger partial charge in [-0.05, 0) is 30.4 Å². The van der Waals surface area contributed by atoms with Crippen molar-refractivity contribution < 1.29 is 33.7 Å². The summed E-state index contributed by atoms with van der Waals surface area (Å²) in [5.74, 6) is -2.20. The van der Waals surface area contributed by atoms with Gasteiger partial charge >= 0.3 is 0 Å². The van der Waals surface area contributed by atoms with E-state index in [4.69, 9.17) is 0 Å². The highest BCUT2D eigenvalue weighted by Gasteiger charge is 2.31. The number of piperazine rings is 1. The van der Waals surface area contributed by atoms with Crippen LogP contribution in [0.4, 0.5) is 20.8 Å². The number of rotatable bonds is 2. The van der Waals surface area contributed by atoms with Gasteiger partial charge in [0.05, 0.1) is 24.7 Å². The minimum atomic E-state index is -1.55. The zero-order valence-corrected chi connectivity index (χ0v) is 19.2. The number of hydrogen-bond acceptors (Lipinski definition) is 6. The Labute approximate surface area is 199 Å². The van der Waals surface area contributed by atoms with Crippen LogP contribution < -0.4 is 25.7 Å². The minimum Gasteiger partial charge on any atom is -0.545 e. The van der Waals surface area contributed by atoms with E-state index in [1.165, 1.54) is 21.7 Å². The lowest BCUT2D eigenvalue weighted by atomic mass is 10.1. The molecule has 0 unspecified atom stereocenters. The summed E-state index contributed by atoms with van der Waals surface area (Å²) >= 11 is 1.72. The van der Waals surface area contributed by atoms with E-state index in [9.17, 15) is 24.2 Å². The lowest BCUT2D eigenvalue weighted by Crippen LogP contribution is -3.11. The van der Waals surface area contributed by atoms with E-state index in [0.29, 0.717) is 12.2 Å². The average molecular weight is 483 g/mol. The number of carbonyl (C=O) groups excluding carboxylic acids is 2. The molecule has 0 radical (unpaired) electrons. The predicted octanol–water partition coefficient (Wildman–Crippen LogP) is -0.461. The Morgan fingerprint density at radius 1 is 1.03 bits per heavy atom. The third kappa shape index (κ3) is 5.24. The normalized spacial score (nSPS) is 17.1. The summed E-state index contributed by atoms with van der Waals surface area (Å²) in [5, 5.41) is 28.2. The quantitative estimate of drug-likeness (QED) is 0.337. The second-order valence-electron chi connectivity index (χ2n) is 8.01. The number of likely N-dealkylation sites (N-methyl/N-ethyl adjacent to an activating group) is 1. The summed E-state index contributed by atoms with van der Waals surface area (Å²) in [6, 6.07) is 13.4. The van der Waals surface area contributed by atoms with Crippen molar-refractivity contribution in [2.24, 2.45) is 0 Å². The van der Waals surface area contributed by atoms with Gasteiger partial charge in [0.2, 0.25) is 0 Å². The van der Waals surface area contributed by atoms with Crippen molar-refractivity contribution in [3.8, 4) is 0 Å². The number of nitrogens with zero attached hydrogens (tertiary/aromatic N) is 1. The maximum Gasteiger partial charge on any atom is 0.286 e. The third-order valence-electron chi connectivity index (χ3n) is 5.60. The summed E-state index contributed by atoms with van der Waals surface area (Å²) in [6.45, 7) is 4.25. The summed E-state index contributed by atoms with van der Waals surface area (Å²) in [5.41, 5.74) is 2.90. The maximum atomic E-state index is 13.8. The third-order valence-corrected chi connectivity index (χ3v) is 6.69. The fourth-order valence-corrected chi connectivity index (χ4v) is 5.01. The number of halogens is 1. The van der Waals surface area contributed by atoms with Gasteiger partial charge in [-0.25, -0.2) is 14.3 Å². The van der Waals surface area contributed by atoms with Crippen LogP contribution in [0.1, 0.15) is 5.56 Å². The first-order valence-electron chi connectivity index (χ1n) is 10.7. The van der Waals surface area contributed by atoms with Crippen molar-refractivity contribution in [3.05, 3.63) is 66.0 Å². The van der Waals surface area contributed by atoms with E-state index in [1.54, 1.807) is 22.3 Å². The van der Waals surface area contributed by atoms with E-state index in [2.05, 4.69) is 46.5 Å². The Bertz CT molecular complexity index is 1290. The summed E-state index contributed by atoms with van der Waals surface area (Å²) < 4.78 is 17.5.